The smallest absolute Gasteiger partial charge is 0.208 e. The van der Waals surface area contributed by atoms with E-state index in [1.165, 1.54) is 0 Å². The molecule has 0 heterocycles. The number of nitrogens with zero attached hydrogens (tertiary/aromatic N) is 2. The van der Waals surface area contributed by atoms with Gasteiger partial charge in [-0.15, -0.1) is 0 Å². The molecule has 1 unspecified atom stereocenters. The maximum atomic E-state index is 5.45. The van der Waals surface area contributed by atoms with Gasteiger partial charge in [-0.2, -0.15) is 11.8 Å². The highest BCUT2D eigenvalue weighted by Crippen LogP contribution is 2.05. The van der Waals surface area contributed by atoms with Crippen molar-refractivity contribution in [2.75, 3.05) is 39.3 Å². The molecular formula is C10H24N4OS. The molecule has 0 saturated carbocycles. The van der Waals surface area contributed by atoms with E-state index < -0.39 is 0 Å². The predicted molar refractivity (Wildman–Crippen MR) is 71.7 cm³/mol. The Morgan fingerprint density at radius 2 is 2.31 bits per heavy atom. The van der Waals surface area contributed by atoms with Gasteiger partial charge in [0.2, 0.25) is 5.96 Å². The molecule has 6 heteroatoms. The van der Waals surface area contributed by atoms with Crippen LogP contribution in [0.1, 0.15) is 13.3 Å². The Kier molecular flexibility index (Phi) is 9.46. The summed E-state index contributed by atoms with van der Waals surface area (Å²) in [5, 5.41) is 0. The molecule has 16 heavy (non-hydrogen) atoms. The van der Waals surface area contributed by atoms with Gasteiger partial charge in [-0.1, -0.05) is 0 Å². The van der Waals surface area contributed by atoms with Gasteiger partial charge in [0.05, 0.1) is 13.2 Å². The van der Waals surface area contributed by atoms with E-state index in [1.807, 2.05) is 18.8 Å². The van der Waals surface area contributed by atoms with E-state index in [1.54, 1.807) is 7.11 Å². The van der Waals surface area contributed by atoms with Gasteiger partial charge in [0.25, 0.3) is 0 Å². The molecule has 0 radical (unpaired) electrons. The number of aliphatic imine (C=N–C) groups is 1. The first-order valence-corrected chi connectivity index (χ1v) is 6.78. The summed E-state index contributed by atoms with van der Waals surface area (Å²) >= 11 is 1.85. The van der Waals surface area contributed by atoms with Gasteiger partial charge in [-0.05, 0) is 25.4 Å². The maximum absolute atomic E-state index is 5.45. The molecule has 1 atom stereocenters. The highest BCUT2D eigenvalue weighted by Gasteiger charge is 2.12. The van der Waals surface area contributed by atoms with E-state index >= 15 is 0 Å². The highest BCUT2D eigenvalue weighted by molar-refractivity contribution is 7.98. The molecule has 0 aliphatic heterocycles. The average molecular weight is 248 g/mol. The number of hydrogen-bond donors (Lipinski definition) is 2. The molecule has 3 N–H and O–H groups in total. The van der Waals surface area contributed by atoms with Crippen LogP contribution in [0, 0.1) is 0 Å². The Bertz CT molecular complexity index is 201. The SMILES string of the molecule is COCCN=C(NN)N(C)C(C)CCSC. The highest BCUT2D eigenvalue weighted by atomic mass is 32.2. The van der Waals surface area contributed by atoms with Crippen molar-refractivity contribution in [2.45, 2.75) is 19.4 Å². The molecule has 0 amide bonds. The van der Waals surface area contributed by atoms with Crippen LogP contribution in [0.4, 0.5) is 0 Å². The zero-order valence-corrected chi connectivity index (χ0v) is 11.5. The lowest BCUT2D eigenvalue weighted by molar-refractivity contribution is 0.207. The minimum Gasteiger partial charge on any atom is -0.383 e. The standard InChI is InChI=1S/C10H24N4OS/c1-9(5-8-16-4)14(2)10(13-11)12-6-7-15-3/h9H,5-8,11H2,1-4H3,(H,12,13). The number of guanidine groups is 1. The maximum Gasteiger partial charge on any atom is 0.208 e. The number of ether oxygens (including phenoxy) is 1. The van der Waals surface area contributed by atoms with E-state index in [0.717, 1.165) is 12.2 Å². The fourth-order valence-electron chi connectivity index (χ4n) is 1.19. The first kappa shape index (κ1) is 15.5. The van der Waals surface area contributed by atoms with Crippen LogP contribution in [0.2, 0.25) is 0 Å². The molecule has 96 valence electrons. The molecule has 0 aromatic heterocycles. The quantitative estimate of drug-likeness (QED) is 0.226. The average Bonchev–Trinajstić information content (AvgIpc) is 2.31. The summed E-state index contributed by atoms with van der Waals surface area (Å²) in [5.74, 6) is 7.31. The van der Waals surface area contributed by atoms with Crippen molar-refractivity contribution in [1.29, 1.82) is 0 Å². The fraction of sp³-hybridized carbons (Fsp3) is 0.900. The van der Waals surface area contributed by atoms with Crippen LogP contribution in [-0.2, 0) is 4.74 Å². The van der Waals surface area contributed by atoms with Crippen LogP contribution in [0.25, 0.3) is 0 Å². The number of hydrazine groups is 1. The van der Waals surface area contributed by atoms with Crippen LogP contribution in [0.5, 0.6) is 0 Å². The molecule has 0 saturated heterocycles. The number of nitrogens with two attached hydrogens (primary N) is 1. The van der Waals surface area contributed by atoms with Crippen LogP contribution in [0.15, 0.2) is 4.99 Å². The van der Waals surface area contributed by atoms with Gasteiger partial charge in [0.1, 0.15) is 0 Å². The van der Waals surface area contributed by atoms with Crippen molar-refractivity contribution in [3.63, 3.8) is 0 Å². The van der Waals surface area contributed by atoms with Crippen molar-refractivity contribution in [1.82, 2.24) is 10.3 Å². The summed E-state index contributed by atoms with van der Waals surface area (Å²) in [6.45, 7) is 3.40. The largest absolute Gasteiger partial charge is 0.383 e. The molecule has 0 fully saturated rings. The monoisotopic (exact) mass is 248 g/mol. The van der Waals surface area contributed by atoms with Gasteiger partial charge in [0.15, 0.2) is 0 Å². The molecule has 0 rings (SSSR count). The summed E-state index contributed by atoms with van der Waals surface area (Å²) in [5.41, 5.74) is 2.63. The lowest BCUT2D eigenvalue weighted by atomic mass is 10.2. The summed E-state index contributed by atoms with van der Waals surface area (Å²) in [7, 11) is 3.66. The number of methoxy groups -OCH3 is 1. The van der Waals surface area contributed by atoms with E-state index in [0.29, 0.717) is 25.2 Å². The number of rotatable bonds is 7. The fourth-order valence-corrected chi connectivity index (χ4v) is 1.77. The molecule has 5 nitrogen and oxygen atoms in total. The van der Waals surface area contributed by atoms with Crippen LogP contribution in [0.3, 0.4) is 0 Å². The minimum absolute atomic E-state index is 0.421. The van der Waals surface area contributed by atoms with Crippen LogP contribution in [-0.4, -0.2) is 56.2 Å². The van der Waals surface area contributed by atoms with Crippen molar-refractivity contribution >= 4 is 17.7 Å². The Hall–Kier alpha value is -0.460. The normalized spacial score (nSPS) is 13.7. The Morgan fingerprint density at radius 1 is 1.62 bits per heavy atom. The molecule has 0 aromatic carbocycles. The van der Waals surface area contributed by atoms with Gasteiger partial charge in [-0.25, -0.2) is 10.8 Å². The number of thioether (sulfide) groups is 1. The van der Waals surface area contributed by atoms with Crippen molar-refractivity contribution < 1.29 is 4.74 Å². The first-order valence-electron chi connectivity index (χ1n) is 5.39. The van der Waals surface area contributed by atoms with Gasteiger partial charge in [0, 0.05) is 20.2 Å². The zero-order valence-electron chi connectivity index (χ0n) is 10.7. The first-order chi connectivity index (χ1) is 7.67. The van der Waals surface area contributed by atoms with Gasteiger partial charge < -0.3 is 9.64 Å². The minimum atomic E-state index is 0.421. The topological polar surface area (TPSA) is 62.9 Å². The lowest BCUT2D eigenvalue weighted by Gasteiger charge is -2.27. The third kappa shape index (κ3) is 6.19. The Balaban J connectivity index is 4.16. The second-order valence-corrected chi connectivity index (χ2v) is 4.57. The predicted octanol–water partition coefficient (Wildman–Crippen LogP) is 0.526. The Morgan fingerprint density at radius 3 is 2.81 bits per heavy atom. The van der Waals surface area contributed by atoms with Crippen LogP contribution >= 0.6 is 11.8 Å². The summed E-state index contributed by atoms with van der Waals surface area (Å²) < 4.78 is 4.94. The molecule has 0 aromatic rings. The van der Waals surface area contributed by atoms with E-state index in [9.17, 15) is 0 Å². The number of hydrogen-bond acceptors (Lipinski definition) is 4. The summed E-state index contributed by atoms with van der Waals surface area (Å²) in [6, 6.07) is 0.421. The molecule has 0 bridgehead atoms. The zero-order chi connectivity index (χ0) is 12.4. The molecular weight excluding hydrogens is 224 g/mol. The van der Waals surface area contributed by atoms with Crippen molar-refractivity contribution in [3.05, 3.63) is 0 Å². The summed E-state index contributed by atoms with van der Waals surface area (Å²) in [6.07, 6.45) is 3.23. The van der Waals surface area contributed by atoms with Crippen molar-refractivity contribution in [3.8, 4) is 0 Å². The Labute approximate surface area is 103 Å². The molecule has 0 aliphatic carbocycles. The van der Waals surface area contributed by atoms with Gasteiger partial charge in [-0.3, -0.25) is 5.43 Å². The van der Waals surface area contributed by atoms with Crippen molar-refractivity contribution in [2.24, 2.45) is 10.8 Å². The van der Waals surface area contributed by atoms with Crippen LogP contribution < -0.4 is 11.3 Å². The molecule has 0 spiro atoms. The molecule has 0 aliphatic rings. The third-order valence-corrected chi connectivity index (χ3v) is 3.07. The lowest BCUT2D eigenvalue weighted by Crippen LogP contribution is -2.47. The third-order valence-electron chi connectivity index (χ3n) is 2.42. The van der Waals surface area contributed by atoms with E-state index in [4.69, 9.17) is 10.6 Å². The summed E-state index contributed by atoms with van der Waals surface area (Å²) in [4.78, 5) is 6.40. The number of nitrogens with one attached hydrogen (secondary N) is 1. The van der Waals surface area contributed by atoms with E-state index in [2.05, 4.69) is 28.5 Å². The second-order valence-electron chi connectivity index (χ2n) is 3.58. The second kappa shape index (κ2) is 9.74. The van der Waals surface area contributed by atoms with E-state index in [-0.39, 0.29) is 0 Å². The van der Waals surface area contributed by atoms with Gasteiger partial charge >= 0.3 is 0 Å².